The van der Waals surface area contributed by atoms with Crippen LogP contribution in [0, 0.1) is 5.92 Å². The first-order valence-electron chi connectivity index (χ1n) is 6.29. The summed E-state index contributed by atoms with van der Waals surface area (Å²) >= 11 is 0. The monoisotopic (exact) mass is 272 g/mol. The van der Waals surface area contributed by atoms with Crippen LogP contribution in [0.5, 0.6) is 0 Å². The second-order valence-electron chi connectivity index (χ2n) is 4.96. The van der Waals surface area contributed by atoms with Gasteiger partial charge in [-0.05, 0) is 30.4 Å². The number of halogens is 3. The van der Waals surface area contributed by atoms with Crippen molar-refractivity contribution in [2.45, 2.75) is 37.8 Å². The zero-order valence-corrected chi connectivity index (χ0v) is 10.3. The summed E-state index contributed by atoms with van der Waals surface area (Å²) in [6.07, 6.45) is -1.52. The third-order valence-corrected chi connectivity index (χ3v) is 3.73. The first kappa shape index (κ1) is 13.9. The highest BCUT2D eigenvalue weighted by molar-refractivity contribution is 5.71. The number of alkyl halides is 3. The molecule has 0 spiro atoms. The van der Waals surface area contributed by atoms with Gasteiger partial charge in [0.15, 0.2) is 0 Å². The molecule has 2 nitrogen and oxygen atoms in total. The Balaban J connectivity index is 2.32. The second kappa shape index (κ2) is 5.23. The first-order chi connectivity index (χ1) is 8.89. The van der Waals surface area contributed by atoms with Crippen LogP contribution in [0.25, 0.3) is 0 Å². The van der Waals surface area contributed by atoms with Crippen molar-refractivity contribution in [1.82, 2.24) is 0 Å². The molecule has 19 heavy (non-hydrogen) atoms. The molecule has 104 valence electrons. The van der Waals surface area contributed by atoms with Gasteiger partial charge in [0.25, 0.3) is 0 Å². The first-order valence-corrected chi connectivity index (χ1v) is 6.29. The fraction of sp³-hybridized carbons (Fsp3) is 0.500. The topological polar surface area (TPSA) is 37.3 Å². The Hall–Kier alpha value is -1.52. The minimum Gasteiger partial charge on any atom is -0.481 e. The normalized spacial score (nSPS) is 24.2. The molecule has 0 aliphatic heterocycles. The van der Waals surface area contributed by atoms with Crippen LogP contribution in [0.4, 0.5) is 13.2 Å². The Morgan fingerprint density at radius 3 is 2.53 bits per heavy atom. The molecular weight excluding hydrogens is 257 g/mol. The number of hydrogen-bond acceptors (Lipinski definition) is 1. The fourth-order valence-corrected chi connectivity index (χ4v) is 2.77. The molecule has 2 atom stereocenters. The lowest BCUT2D eigenvalue weighted by Crippen LogP contribution is -2.25. The van der Waals surface area contributed by atoms with Gasteiger partial charge in [-0.3, -0.25) is 4.79 Å². The summed E-state index contributed by atoms with van der Waals surface area (Å²) in [6.45, 7) is 0. The molecule has 1 aromatic carbocycles. The Bertz CT molecular complexity index is 468. The summed E-state index contributed by atoms with van der Waals surface area (Å²) in [4.78, 5) is 11.2. The SMILES string of the molecule is O=C(O)C1CCCCC1c1cccc(C(F)(F)F)c1. The molecule has 0 radical (unpaired) electrons. The van der Waals surface area contributed by atoms with E-state index in [1.807, 2.05) is 0 Å². The van der Waals surface area contributed by atoms with Gasteiger partial charge >= 0.3 is 12.1 Å². The van der Waals surface area contributed by atoms with Crippen molar-refractivity contribution < 1.29 is 23.1 Å². The van der Waals surface area contributed by atoms with E-state index in [1.54, 1.807) is 6.07 Å². The van der Waals surface area contributed by atoms with Crippen molar-refractivity contribution in [1.29, 1.82) is 0 Å². The fourth-order valence-electron chi connectivity index (χ4n) is 2.77. The van der Waals surface area contributed by atoms with Crippen molar-refractivity contribution in [3.63, 3.8) is 0 Å². The van der Waals surface area contributed by atoms with Crippen molar-refractivity contribution in [3.8, 4) is 0 Å². The number of carboxylic acid groups (broad SMARTS) is 1. The molecule has 2 unspecified atom stereocenters. The maximum atomic E-state index is 12.7. The van der Waals surface area contributed by atoms with Gasteiger partial charge in [0.05, 0.1) is 11.5 Å². The summed E-state index contributed by atoms with van der Waals surface area (Å²) in [6, 6.07) is 5.06. The quantitative estimate of drug-likeness (QED) is 0.881. The Morgan fingerprint density at radius 2 is 1.89 bits per heavy atom. The van der Waals surface area contributed by atoms with Crippen molar-refractivity contribution >= 4 is 5.97 Å². The van der Waals surface area contributed by atoms with E-state index >= 15 is 0 Å². The summed E-state index contributed by atoms with van der Waals surface area (Å²) in [5.74, 6) is -1.80. The predicted octanol–water partition coefficient (Wildman–Crippen LogP) is 4.06. The molecule has 0 aromatic heterocycles. The average molecular weight is 272 g/mol. The molecule has 1 aromatic rings. The zero-order valence-electron chi connectivity index (χ0n) is 10.3. The maximum absolute atomic E-state index is 12.7. The smallest absolute Gasteiger partial charge is 0.416 e. The third-order valence-electron chi connectivity index (χ3n) is 3.73. The van der Waals surface area contributed by atoms with Crippen LogP contribution in [0.15, 0.2) is 24.3 Å². The summed E-state index contributed by atoms with van der Waals surface area (Å²) in [7, 11) is 0. The van der Waals surface area contributed by atoms with E-state index in [9.17, 15) is 23.1 Å². The standard InChI is InChI=1S/C14H15F3O2/c15-14(16,17)10-5-3-4-9(8-10)11-6-1-2-7-12(11)13(18)19/h3-5,8,11-12H,1-2,6-7H2,(H,18,19). The second-order valence-corrected chi connectivity index (χ2v) is 4.96. The van der Waals surface area contributed by atoms with Gasteiger partial charge in [0, 0.05) is 0 Å². The molecule has 1 fully saturated rings. The molecular formula is C14H15F3O2. The van der Waals surface area contributed by atoms with Crippen molar-refractivity contribution in [3.05, 3.63) is 35.4 Å². The van der Waals surface area contributed by atoms with Gasteiger partial charge in [-0.1, -0.05) is 31.0 Å². The summed E-state index contributed by atoms with van der Waals surface area (Å²) in [5, 5.41) is 9.18. The summed E-state index contributed by atoms with van der Waals surface area (Å²) < 4.78 is 38.0. The highest BCUT2D eigenvalue weighted by atomic mass is 19.4. The van der Waals surface area contributed by atoms with Gasteiger partial charge < -0.3 is 5.11 Å². The van der Waals surface area contributed by atoms with Crippen LogP contribution in [0.3, 0.4) is 0 Å². The van der Waals surface area contributed by atoms with E-state index in [4.69, 9.17) is 0 Å². The molecule has 1 aliphatic carbocycles. The van der Waals surface area contributed by atoms with Gasteiger partial charge in [0.2, 0.25) is 0 Å². The Labute approximate surface area is 109 Å². The number of aliphatic carboxylic acids is 1. The lowest BCUT2D eigenvalue weighted by atomic mass is 9.75. The van der Waals surface area contributed by atoms with Gasteiger partial charge in [-0.25, -0.2) is 0 Å². The minimum absolute atomic E-state index is 0.312. The maximum Gasteiger partial charge on any atom is 0.416 e. The number of hydrogen-bond donors (Lipinski definition) is 1. The minimum atomic E-state index is -4.39. The molecule has 0 saturated heterocycles. The molecule has 1 aliphatic rings. The van der Waals surface area contributed by atoms with Crippen LogP contribution in [-0.2, 0) is 11.0 Å². The van der Waals surface area contributed by atoms with E-state index < -0.39 is 23.6 Å². The van der Waals surface area contributed by atoms with Crippen molar-refractivity contribution in [2.24, 2.45) is 5.92 Å². The Morgan fingerprint density at radius 1 is 1.21 bits per heavy atom. The van der Waals surface area contributed by atoms with Crippen molar-refractivity contribution in [2.75, 3.05) is 0 Å². The van der Waals surface area contributed by atoms with Crippen LogP contribution >= 0.6 is 0 Å². The average Bonchev–Trinajstić information content (AvgIpc) is 2.38. The number of carbonyl (C=O) groups is 1. The largest absolute Gasteiger partial charge is 0.481 e. The van der Waals surface area contributed by atoms with E-state index in [1.165, 1.54) is 6.07 Å². The van der Waals surface area contributed by atoms with E-state index in [0.717, 1.165) is 25.0 Å². The molecule has 0 heterocycles. The van der Waals surface area contributed by atoms with Crippen LogP contribution < -0.4 is 0 Å². The number of rotatable bonds is 2. The molecule has 2 rings (SSSR count). The van der Waals surface area contributed by atoms with E-state index in [-0.39, 0.29) is 5.92 Å². The lowest BCUT2D eigenvalue weighted by molar-refractivity contribution is -0.143. The van der Waals surface area contributed by atoms with Crippen LogP contribution in [0.1, 0.15) is 42.7 Å². The zero-order chi connectivity index (χ0) is 14.0. The molecule has 1 saturated carbocycles. The van der Waals surface area contributed by atoms with Gasteiger partial charge in [0.1, 0.15) is 0 Å². The lowest BCUT2D eigenvalue weighted by Gasteiger charge is -2.29. The number of benzene rings is 1. The van der Waals surface area contributed by atoms with Crippen LogP contribution in [-0.4, -0.2) is 11.1 Å². The number of carboxylic acids is 1. The van der Waals surface area contributed by atoms with Crippen LogP contribution in [0.2, 0.25) is 0 Å². The molecule has 0 amide bonds. The summed E-state index contributed by atoms with van der Waals surface area (Å²) in [5.41, 5.74) is -0.221. The highest BCUT2D eigenvalue weighted by Gasteiger charge is 2.34. The van der Waals surface area contributed by atoms with Gasteiger partial charge in [-0.2, -0.15) is 13.2 Å². The molecule has 0 bridgehead atoms. The molecule has 1 N–H and O–H groups in total. The molecule has 5 heteroatoms. The Kier molecular flexibility index (Phi) is 3.83. The van der Waals surface area contributed by atoms with Gasteiger partial charge in [-0.15, -0.1) is 0 Å². The van der Waals surface area contributed by atoms with E-state index in [2.05, 4.69) is 0 Å². The third kappa shape index (κ3) is 3.08. The predicted molar refractivity (Wildman–Crippen MR) is 63.8 cm³/mol. The highest BCUT2D eigenvalue weighted by Crippen LogP contribution is 2.39. The van der Waals surface area contributed by atoms with E-state index in [0.29, 0.717) is 18.4 Å².